The first-order chi connectivity index (χ1) is 14.1. The van der Waals surface area contributed by atoms with Gasteiger partial charge in [-0.3, -0.25) is 19.3 Å². The van der Waals surface area contributed by atoms with Gasteiger partial charge in [0.1, 0.15) is 6.04 Å². The Labute approximate surface area is 190 Å². The Balaban J connectivity index is 1.73. The number of rotatable bonds is 5. The molecule has 11 heteroatoms. The summed E-state index contributed by atoms with van der Waals surface area (Å²) in [5, 5.41) is 1.68. The van der Waals surface area contributed by atoms with Crippen LogP contribution >= 0.6 is 46.4 Å². The molecule has 3 amide bonds. The van der Waals surface area contributed by atoms with E-state index in [9.17, 15) is 19.2 Å². The zero-order valence-electron chi connectivity index (χ0n) is 15.2. The summed E-state index contributed by atoms with van der Waals surface area (Å²) in [6.45, 7) is 0.657. The molecule has 0 aromatic heterocycles. The summed E-state index contributed by atoms with van der Waals surface area (Å²) in [5.74, 6) is -3.32. The summed E-state index contributed by atoms with van der Waals surface area (Å²) in [4.78, 5) is 50.4. The average molecular weight is 490 g/mol. The van der Waals surface area contributed by atoms with Crippen LogP contribution in [0.5, 0.6) is 0 Å². The van der Waals surface area contributed by atoms with Crippen molar-refractivity contribution in [1.29, 1.82) is 0 Å². The number of para-hydroxylation sites is 1. The molecule has 1 aliphatic heterocycles. The van der Waals surface area contributed by atoms with Gasteiger partial charge in [-0.1, -0.05) is 64.6 Å². The number of benzene rings is 2. The number of carbonyl (C=O) groups excluding carboxylic acids is 4. The van der Waals surface area contributed by atoms with Gasteiger partial charge < -0.3 is 10.1 Å². The Bertz CT molecular complexity index is 1030. The minimum Gasteiger partial charge on any atom is -0.454 e. The molecule has 2 aromatic rings. The van der Waals surface area contributed by atoms with Gasteiger partial charge in [-0.05, 0) is 19.1 Å². The van der Waals surface area contributed by atoms with Crippen molar-refractivity contribution >= 4 is 75.8 Å². The molecule has 0 aliphatic carbocycles. The van der Waals surface area contributed by atoms with E-state index in [1.54, 1.807) is 30.3 Å². The van der Waals surface area contributed by atoms with E-state index in [1.807, 2.05) is 0 Å². The van der Waals surface area contributed by atoms with Crippen molar-refractivity contribution in [2.75, 3.05) is 11.9 Å². The predicted molar refractivity (Wildman–Crippen MR) is 112 cm³/mol. The maximum absolute atomic E-state index is 12.7. The van der Waals surface area contributed by atoms with Crippen LogP contribution in [0.25, 0.3) is 0 Å². The van der Waals surface area contributed by atoms with E-state index in [0.29, 0.717) is 10.6 Å². The van der Waals surface area contributed by atoms with Crippen molar-refractivity contribution in [1.82, 2.24) is 4.90 Å². The van der Waals surface area contributed by atoms with Gasteiger partial charge in [-0.15, -0.1) is 0 Å². The number of hydrogen-bond donors (Lipinski definition) is 1. The molecule has 1 N–H and O–H groups in total. The molecule has 0 radical (unpaired) electrons. The van der Waals surface area contributed by atoms with Crippen LogP contribution in [0.4, 0.5) is 5.69 Å². The summed E-state index contributed by atoms with van der Waals surface area (Å²) in [6, 6.07) is 7.18. The first kappa shape index (κ1) is 22.4. The fourth-order valence-electron chi connectivity index (χ4n) is 2.80. The van der Waals surface area contributed by atoms with Crippen molar-refractivity contribution in [2.24, 2.45) is 0 Å². The van der Waals surface area contributed by atoms with Gasteiger partial charge in [-0.2, -0.15) is 0 Å². The summed E-state index contributed by atoms with van der Waals surface area (Å²) in [6.07, 6.45) is 0. The second-order valence-corrected chi connectivity index (χ2v) is 7.70. The zero-order valence-corrected chi connectivity index (χ0v) is 18.2. The molecule has 0 spiro atoms. The van der Waals surface area contributed by atoms with E-state index in [1.165, 1.54) is 6.92 Å². The van der Waals surface area contributed by atoms with Gasteiger partial charge in [0, 0.05) is 5.69 Å². The van der Waals surface area contributed by atoms with E-state index in [-0.39, 0.29) is 31.2 Å². The third-order valence-electron chi connectivity index (χ3n) is 4.26. The molecule has 0 fully saturated rings. The number of esters is 1. The minimum absolute atomic E-state index is 0.183. The highest BCUT2D eigenvalue weighted by Crippen LogP contribution is 2.45. The van der Waals surface area contributed by atoms with E-state index in [4.69, 9.17) is 51.1 Å². The van der Waals surface area contributed by atoms with E-state index in [0.717, 1.165) is 0 Å². The van der Waals surface area contributed by atoms with Crippen LogP contribution in [0.2, 0.25) is 20.1 Å². The van der Waals surface area contributed by atoms with Gasteiger partial charge in [-0.25, -0.2) is 4.79 Å². The molecule has 7 nitrogen and oxygen atoms in total. The highest BCUT2D eigenvalue weighted by molar-refractivity contribution is 6.55. The Morgan fingerprint density at radius 2 is 1.43 bits per heavy atom. The topological polar surface area (TPSA) is 92.8 Å². The SMILES string of the molecule is C[C@@H](C(=O)OCC(=O)Nc1ccccc1)N1C(=O)c2c(Cl)c(Cl)c(Cl)c(Cl)c2C1=O. The Morgan fingerprint density at radius 1 is 0.933 bits per heavy atom. The van der Waals surface area contributed by atoms with E-state index in [2.05, 4.69) is 5.32 Å². The maximum atomic E-state index is 12.7. The minimum atomic E-state index is -1.35. The second-order valence-electron chi connectivity index (χ2n) is 6.18. The zero-order chi connectivity index (χ0) is 22.2. The van der Waals surface area contributed by atoms with Gasteiger partial charge in [0.05, 0.1) is 31.2 Å². The summed E-state index contributed by atoms with van der Waals surface area (Å²) in [5.41, 5.74) is 0.0232. The van der Waals surface area contributed by atoms with E-state index < -0.39 is 36.3 Å². The Kier molecular flexibility index (Phi) is 6.57. The lowest BCUT2D eigenvalue weighted by Gasteiger charge is -2.20. The van der Waals surface area contributed by atoms with Gasteiger partial charge >= 0.3 is 5.97 Å². The molecule has 0 unspecified atom stereocenters. The molecule has 1 aliphatic rings. The van der Waals surface area contributed by atoms with Gasteiger partial charge in [0.25, 0.3) is 17.7 Å². The first-order valence-corrected chi connectivity index (χ1v) is 9.91. The number of hydrogen-bond acceptors (Lipinski definition) is 5. The van der Waals surface area contributed by atoms with Crippen LogP contribution in [-0.4, -0.2) is 41.2 Å². The van der Waals surface area contributed by atoms with Crippen LogP contribution in [0, 0.1) is 0 Å². The number of carbonyl (C=O) groups is 4. The molecule has 3 rings (SSSR count). The lowest BCUT2D eigenvalue weighted by atomic mass is 10.1. The number of amides is 3. The van der Waals surface area contributed by atoms with Crippen molar-refractivity contribution < 1.29 is 23.9 Å². The molecule has 0 saturated carbocycles. The maximum Gasteiger partial charge on any atom is 0.329 e. The molecular weight excluding hydrogens is 478 g/mol. The summed E-state index contributed by atoms with van der Waals surface area (Å²) >= 11 is 24.0. The number of anilines is 1. The van der Waals surface area contributed by atoms with Crippen LogP contribution in [0.15, 0.2) is 30.3 Å². The fraction of sp³-hybridized carbons (Fsp3) is 0.158. The lowest BCUT2D eigenvalue weighted by Crippen LogP contribution is -2.44. The lowest BCUT2D eigenvalue weighted by molar-refractivity contribution is -0.150. The number of nitrogens with zero attached hydrogens (tertiary/aromatic N) is 1. The Morgan fingerprint density at radius 3 is 1.93 bits per heavy atom. The third kappa shape index (κ3) is 3.98. The highest BCUT2D eigenvalue weighted by atomic mass is 35.5. The van der Waals surface area contributed by atoms with Crippen molar-refractivity contribution in [3.63, 3.8) is 0 Å². The molecule has 156 valence electrons. The standard InChI is InChI=1S/C19H12Cl4N2O5/c1-8(19(29)30-7-10(26)24-9-5-3-2-4-6-9)25-17(27)11-12(18(25)28)14(21)16(23)15(22)13(11)20/h2-6,8H,7H2,1H3,(H,24,26)/t8-/m0/s1. The fourth-order valence-corrected chi connectivity index (χ4v) is 3.81. The predicted octanol–water partition coefficient (Wildman–Crippen LogP) is 4.47. The molecule has 1 atom stereocenters. The summed E-state index contributed by atoms with van der Waals surface area (Å²) < 4.78 is 4.94. The number of nitrogens with one attached hydrogen (secondary N) is 1. The highest BCUT2D eigenvalue weighted by Gasteiger charge is 2.45. The van der Waals surface area contributed by atoms with E-state index >= 15 is 0 Å². The number of imide groups is 1. The van der Waals surface area contributed by atoms with Gasteiger partial charge in [0.15, 0.2) is 6.61 Å². The number of fused-ring (bicyclic) bond motifs is 1. The molecule has 1 heterocycles. The number of halogens is 4. The molecule has 0 saturated heterocycles. The van der Waals surface area contributed by atoms with Crippen molar-refractivity contribution in [3.05, 3.63) is 61.5 Å². The Hall–Kier alpha value is -2.32. The van der Waals surface area contributed by atoms with Crippen LogP contribution in [0.1, 0.15) is 27.6 Å². The molecule has 2 aromatic carbocycles. The monoisotopic (exact) mass is 488 g/mol. The smallest absolute Gasteiger partial charge is 0.329 e. The van der Waals surface area contributed by atoms with Crippen LogP contribution in [0.3, 0.4) is 0 Å². The number of ether oxygens (including phenoxy) is 1. The normalized spacial score (nSPS) is 13.8. The molecule has 30 heavy (non-hydrogen) atoms. The average Bonchev–Trinajstić information content (AvgIpc) is 2.99. The first-order valence-electron chi connectivity index (χ1n) is 8.40. The molecular formula is C19H12Cl4N2O5. The van der Waals surface area contributed by atoms with Crippen molar-refractivity contribution in [2.45, 2.75) is 13.0 Å². The second kappa shape index (κ2) is 8.81. The third-order valence-corrected chi connectivity index (χ3v) is 6.07. The van der Waals surface area contributed by atoms with Gasteiger partial charge in [0.2, 0.25) is 0 Å². The van der Waals surface area contributed by atoms with Crippen molar-refractivity contribution in [3.8, 4) is 0 Å². The summed E-state index contributed by atoms with van der Waals surface area (Å²) in [7, 11) is 0. The van der Waals surface area contributed by atoms with Crippen LogP contribution in [-0.2, 0) is 14.3 Å². The van der Waals surface area contributed by atoms with Crippen LogP contribution < -0.4 is 5.32 Å². The molecule has 0 bridgehead atoms. The largest absolute Gasteiger partial charge is 0.454 e. The quantitative estimate of drug-likeness (QED) is 0.289.